The van der Waals surface area contributed by atoms with Crippen molar-refractivity contribution >= 4 is 28.3 Å². The first-order valence-electron chi connectivity index (χ1n) is 9.10. The van der Waals surface area contributed by atoms with E-state index >= 15 is 0 Å². The Morgan fingerprint density at radius 1 is 1.32 bits per heavy atom. The lowest BCUT2D eigenvalue weighted by Gasteiger charge is -2.24. The number of nitrogens with one attached hydrogen (secondary N) is 3. The van der Waals surface area contributed by atoms with Crippen LogP contribution in [0.2, 0.25) is 0 Å². The third kappa shape index (κ3) is 3.52. The summed E-state index contributed by atoms with van der Waals surface area (Å²) in [5.41, 5.74) is 7.01. The number of imidazole rings is 1. The molecule has 1 aliphatic heterocycles. The molecular weight excluding hydrogens is 384 g/mol. The quantitative estimate of drug-likeness (QED) is 0.609. The van der Waals surface area contributed by atoms with Crippen molar-refractivity contribution in [1.82, 2.24) is 25.7 Å². The summed E-state index contributed by atoms with van der Waals surface area (Å²) in [7, 11) is 0. The van der Waals surface area contributed by atoms with Crippen LogP contribution in [0.5, 0.6) is 0 Å². The van der Waals surface area contributed by atoms with Crippen molar-refractivity contribution in [3.05, 3.63) is 52.5 Å². The minimum Gasteiger partial charge on any atom is -0.338 e. The molecule has 3 atom stereocenters. The van der Waals surface area contributed by atoms with Gasteiger partial charge in [0.1, 0.15) is 6.04 Å². The van der Waals surface area contributed by atoms with Gasteiger partial charge in [0.05, 0.1) is 29.6 Å². The topological polar surface area (TPSA) is 71.0 Å². The second-order valence-corrected chi connectivity index (χ2v) is 8.23. The third-order valence-corrected chi connectivity index (χ3v) is 5.91. The molecule has 0 bridgehead atoms. The molecule has 3 heterocycles. The first-order chi connectivity index (χ1) is 13.4. The van der Waals surface area contributed by atoms with Crippen LogP contribution in [0, 0.1) is 17.6 Å². The van der Waals surface area contributed by atoms with Gasteiger partial charge in [-0.05, 0) is 17.4 Å². The van der Waals surface area contributed by atoms with Crippen molar-refractivity contribution < 1.29 is 13.6 Å². The van der Waals surface area contributed by atoms with Crippen molar-refractivity contribution in [2.24, 2.45) is 5.92 Å². The van der Waals surface area contributed by atoms with E-state index < -0.39 is 17.7 Å². The van der Waals surface area contributed by atoms with Gasteiger partial charge in [-0.25, -0.2) is 24.6 Å². The number of carbonyl (C=O) groups is 1. The molecule has 1 fully saturated rings. The number of hydrogen-bond acceptors (Lipinski definition) is 5. The average molecular weight is 405 g/mol. The van der Waals surface area contributed by atoms with Crippen LogP contribution in [-0.2, 0) is 4.79 Å². The predicted molar refractivity (Wildman–Crippen MR) is 103 cm³/mol. The maximum absolute atomic E-state index is 13.7. The highest BCUT2D eigenvalue weighted by atomic mass is 32.1. The Morgan fingerprint density at radius 2 is 2.11 bits per heavy atom. The monoisotopic (exact) mass is 405 g/mol. The molecule has 1 amide bonds. The molecule has 0 aliphatic carbocycles. The number of amides is 1. The minimum absolute atomic E-state index is 0.0760. The van der Waals surface area contributed by atoms with Crippen LogP contribution in [0.15, 0.2) is 36.0 Å². The zero-order valence-electron chi connectivity index (χ0n) is 15.4. The molecule has 4 rings (SSSR count). The summed E-state index contributed by atoms with van der Waals surface area (Å²) in [5, 5.41) is 5.02. The molecule has 28 heavy (non-hydrogen) atoms. The van der Waals surface area contributed by atoms with Gasteiger partial charge in [-0.1, -0.05) is 19.9 Å². The molecule has 0 radical (unpaired) electrons. The van der Waals surface area contributed by atoms with Crippen LogP contribution < -0.4 is 16.2 Å². The first-order valence-corrected chi connectivity index (χ1v) is 9.98. The van der Waals surface area contributed by atoms with Gasteiger partial charge in [0.2, 0.25) is 5.91 Å². The lowest BCUT2D eigenvalue weighted by atomic mass is 10.0. The summed E-state index contributed by atoms with van der Waals surface area (Å²) < 4.78 is 28.8. The maximum atomic E-state index is 13.7. The first kappa shape index (κ1) is 19.0. The number of aromatic nitrogens is 2. The summed E-state index contributed by atoms with van der Waals surface area (Å²) in [6, 6.07) is 5.71. The van der Waals surface area contributed by atoms with Crippen LogP contribution in [0.4, 0.5) is 8.78 Å². The number of hydrogen-bond donors (Lipinski definition) is 3. The summed E-state index contributed by atoms with van der Waals surface area (Å²) >= 11 is 1.66. The number of rotatable bonds is 5. The second-order valence-electron chi connectivity index (χ2n) is 7.25. The summed E-state index contributed by atoms with van der Waals surface area (Å²) in [5.74, 6) is -2.19. The summed E-state index contributed by atoms with van der Waals surface area (Å²) in [4.78, 5) is 18.4. The molecule has 0 saturated carbocycles. The Labute approximate surface area is 164 Å². The number of halogens is 2. The van der Waals surface area contributed by atoms with E-state index in [0.29, 0.717) is 17.5 Å². The highest BCUT2D eigenvalue weighted by Crippen LogP contribution is 2.28. The fourth-order valence-electron chi connectivity index (χ4n) is 3.58. The maximum Gasteiger partial charge on any atom is 0.244 e. The fraction of sp³-hybridized carbons (Fsp3) is 0.368. The van der Waals surface area contributed by atoms with E-state index in [4.69, 9.17) is 0 Å². The van der Waals surface area contributed by atoms with Crippen LogP contribution >= 0.6 is 11.3 Å². The molecule has 1 saturated heterocycles. The lowest BCUT2D eigenvalue weighted by Crippen LogP contribution is -2.47. The average Bonchev–Trinajstić information content (AvgIpc) is 3.37. The Balaban J connectivity index is 1.54. The standard InChI is InChI=1S/C19H21F2N5OS/c1-10(2)18(26-9-22-13-6-11(20)12(21)7-15(13)26)19(27)23-17-8-14(24-25-17)16-4-3-5-28-16/h3-7,9-10,14,17-18,24-25H,8H2,1-2H3,(H,23,27). The van der Waals surface area contributed by atoms with Crippen molar-refractivity contribution in [2.75, 3.05) is 0 Å². The molecule has 0 spiro atoms. The van der Waals surface area contributed by atoms with Crippen molar-refractivity contribution in [3.63, 3.8) is 0 Å². The molecule has 148 valence electrons. The lowest BCUT2D eigenvalue weighted by molar-refractivity contribution is -0.126. The van der Waals surface area contributed by atoms with Gasteiger partial charge < -0.3 is 9.88 Å². The van der Waals surface area contributed by atoms with Gasteiger partial charge in [0, 0.05) is 23.4 Å². The van der Waals surface area contributed by atoms with E-state index in [1.54, 1.807) is 15.9 Å². The minimum atomic E-state index is -0.961. The third-order valence-electron chi connectivity index (χ3n) is 4.92. The molecule has 1 aromatic carbocycles. The second kappa shape index (κ2) is 7.57. The Bertz CT molecular complexity index is 988. The van der Waals surface area contributed by atoms with Gasteiger partial charge in [0.15, 0.2) is 11.6 Å². The molecular formula is C19H21F2N5OS. The van der Waals surface area contributed by atoms with E-state index in [-0.39, 0.29) is 24.0 Å². The highest BCUT2D eigenvalue weighted by molar-refractivity contribution is 7.10. The van der Waals surface area contributed by atoms with Crippen LogP contribution in [0.1, 0.15) is 37.2 Å². The molecule has 1 aliphatic rings. The number of hydrazine groups is 1. The van der Waals surface area contributed by atoms with Crippen molar-refractivity contribution in [3.8, 4) is 0 Å². The van der Waals surface area contributed by atoms with Gasteiger partial charge in [0.25, 0.3) is 0 Å². The number of thiophene rings is 1. The van der Waals surface area contributed by atoms with Gasteiger partial charge in [-0.2, -0.15) is 0 Å². The number of carbonyl (C=O) groups excluding carboxylic acids is 1. The molecule has 3 unspecified atom stereocenters. The van der Waals surface area contributed by atoms with E-state index in [1.165, 1.54) is 11.2 Å². The van der Waals surface area contributed by atoms with Crippen LogP contribution in [-0.4, -0.2) is 21.6 Å². The predicted octanol–water partition coefficient (Wildman–Crippen LogP) is 3.25. The van der Waals surface area contributed by atoms with E-state index in [1.807, 2.05) is 25.3 Å². The molecule has 2 aromatic heterocycles. The molecule has 6 nitrogen and oxygen atoms in total. The molecule has 9 heteroatoms. The van der Waals surface area contributed by atoms with Gasteiger partial charge >= 0.3 is 0 Å². The van der Waals surface area contributed by atoms with Crippen molar-refractivity contribution in [2.45, 2.75) is 38.5 Å². The highest BCUT2D eigenvalue weighted by Gasteiger charge is 2.31. The summed E-state index contributed by atoms with van der Waals surface area (Å²) in [6.45, 7) is 3.81. The van der Waals surface area contributed by atoms with Gasteiger partial charge in [-0.3, -0.25) is 4.79 Å². The number of benzene rings is 1. The van der Waals surface area contributed by atoms with E-state index in [0.717, 1.165) is 12.1 Å². The van der Waals surface area contributed by atoms with Crippen LogP contribution in [0.3, 0.4) is 0 Å². The Morgan fingerprint density at radius 3 is 2.82 bits per heavy atom. The van der Waals surface area contributed by atoms with Gasteiger partial charge in [-0.15, -0.1) is 11.3 Å². The Hall–Kier alpha value is -2.36. The normalized spacial score (nSPS) is 20.8. The zero-order chi connectivity index (χ0) is 19.8. The molecule has 3 N–H and O–H groups in total. The van der Waals surface area contributed by atoms with E-state index in [9.17, 15) is 13.6 Å². The van der Waals surface area contributed by atoms with Crippen LogP contribution in [0.25, 0.3) is 11.0 Å². The Kier molecular flexibility index (Phi) is 5.13. The fourth-order valence-corrected chi connectivity index (χ4v) is 4.37. The zero-order valence-corrected chi connectivity index (χ0v) is 16.3. The SMILES string of the molecule is CC(C)C(C(=O)NC1CC(c2cccs2)NN1)n1cnc2cc(F)c(F)cc21. The number of nitrogens with zero attached hydrogens (tertiary/aromatic N) is 2. The largest absolute Gasteiger partial charge is 0.338 e. The number of fused-ring (bicyclic) bond motifs is 1. The van der Waals surface area contributed by atoms with E-state index in [2.05, 4.69) is 27.2 Å². The smallest absolute Gasteiger partial charge is 0.244 e. The van der Waals surface area contributed by atoms with Crippen molar-refractivity contribution in [1.29, 1.82) is 0 Å². The molecule has 3 aromatic rings. The summed E-state index contributed by atoms with van der Waals surface area (Å²) in [6.07, 6.45) is 1.94.